The molecule has 0 fully saturated rings. The lowest BCUT2D eigenvalue weighted by Crippen LogP contribution is -2.15. The summed E-state index contributed by atoms with van der Waals surface area (Å²) in [6.45, 7) is 7.04. The first-order valence-corrected chi connectivity index (χ1v) is 8.79. The first kappa shape index (κ1) is 18.9. The van der Waals surface area contributed by atoms with Crippen molar-refractivity contribution in [1.29, 1.82) is 0 Å². The highest BCUT2D eigenvalue weighted by atomic mass is 19.1. The fourth-order valence-electron chi connectivity index (χ4n) is 3.35. The monoisotopic (exact) mass is 370 g/mol. The summed E-state index contributed by atoms with van der Waals surface area (Å²) >= 11 is 0. The summed E-state index contributed by atoms with van der Waals surface area (Å²) in [5, 5.41) is 13.0. The molecule has 5 nitrogen and oxygen atoms in total. The third-order valence-electron chi connectivity index (χ3n) is 4.77. The molecule has 0 spiro atoms. The molecule has 0 saturated heterocycles. The average Bonchev–Trinajstić information content (AvgIpc) is 3.13. The molecule has 27 heavy (non-hydrogen) atoms. The molecule has 0 aliphatic carbocycles. The number of hydrogen-bond acceptors (Lipinski definition) is 3. The van der Waals surface area contributed by atoms with Crippen molar-refractivity contribution in [1.82, 2.24) is 9.88 Å². The highest BCUT2D eigenvalue weighted by molar-refractivity contribution is 5.91. The summed E-state index contributed by atoms with van der Waals surface area (Å²) in [5.74, 6) is 0.420. The van der Waals surface area contributed by atoms with Gasteiger partial charge in [0.2, 0.25) is 0 Å². The van der Waals surface area contributed by atoms with Crippen LogP contribution < -0.4 is 5.32 Å². The van der Waals surface area contributed by atoms with Crippen LogP contribution in [0.1, 0.15) is 44.4 Å². The molecule has 6 heteroatoms. The van der Waals surface area contributed by atoms with Crippen LogP contribution in [0.5, 0.6) is 0 Å². The summed E-state index contributed by atoms with van der Waals surface area (Å²) in [6.07, 6.45) is 0. The maximum atomic E-state index is 13.1. The van der Waals surface area contributed by atoms with E-state index in [1.165, 1.54) is 12.1 Å². The molecule has 0 aliphatic heterocycles. The molecule has 2 aromatic heterocycles. The van der Waals surface area contributed by atoms with Gasteiger partial charge in [-0.15, -0.1) is 0 Å². The number of furan rings is 1. The molecule has 0 atom stereocenters. The Morgan fingerprint density at radius 2 is 1.78 bits per heavy atom. The largest absolute Gasteiger partial charge is 0.478 e. The SMILES string of the molecule is Cc1ccc(CNCc2c(C(=O)O)c(C)n(Cc3ccc(F)cc3)c2C)o1. The third-order valence-corrected chi connectivity index (χ3v) is 4.77. The summed E-state index contributed by atoms with van der Waals surface area (Å²) < 4.78 is 20.6. The van der Waals surface area contributed by atoms with Gasteiger partial charge in [-0.05, 0) is 50.6 Å². The molecule has 142 valence electrons. The van der Waals surface area contributed by atoms with Crippen molar-refractivity contribution in [3.8, 4) is 0 Å². The van der Waals surface area contributed by atoms with Crippen LogP contribution in [0.25, 0.3) is 0 Å². The average molecular weight is 370 g/mol. The van der Waals surface area contributed by atoms with Gasteiger partial charge in [-0.2, -0.15) is 0 Å². The van der Waals surface area contributed by atoms with Gasteiger partial charge in [0.25, 0.3) is 0 Å². The van der Waals surface area contributed by atoms with E-state index in [1.807, 2.05) is 30.5 Å². The number of carbonyl (C=O) groups is 1. The van der Waals surface area contributed by atoms with E-state index in [4.69, 9.17) is 4.42 Å². The zero-order chi connectivity index (χ0) is 19.6. The van der Waals surface area contributed by atoms with Crippen molar-refractivity contribution in [2.45, 2.75) is 40.4 Å². The van der Waals surface area contributed by atoms with Crippen LogP contribution in [-0.2, 0) is 19.6 Å². The summed E-state index contributed by atoms with van der Waals surface area (Å²) in [4.78, 5) is 11.8. The molecule has 2 heterocycles. The van der Waals surface area contributed by atoms with Gasteiger partial charge in [0.15, 0.2) is 0 Å². The van der Waals surface area contributed by atoms with E-state index >= 15 is 0 Å². The number of carboxylic acids is 1. The molecule has 0 aliphatic rings. The third kappa shape index (κ3) is 4.11. The molecule has 0 unspecified atom stereocenters. The number of aromatic carboxylic acids is 1. The second-order valence-electron chi connectivity index (χ2n) is 6.66. The van der Waals surface area contributed by atoms with E-state index < -0.39 is 5.97 Å². The van der Waals surface area contributed by atoms with E-state index in [2.05, 4.69) is 5.32 Å². The molecular formula is C21H23FN2O3. The van der Waals surface area contributed by atoms with Crippen LogP contribution >= 0.6 is 0 Å². The minimum Gasteiger partial charge on any atom is -0.478 e. The van der Waals surface area contributed by atoms with Crippen LogP contribution in [0.15, 0.2) is 40.8 Å². The number of benzene rings is 1. The minimum atomic E-state index is -0.945. The lowest BCUT2D eigenvalue weighted by Gasteiger charge is -2.10. The van der Waals surface area contributed by atoms with Crippen LogP contribution in [0.3, 0.4) is 0 Å². The molecule has 0 radical (unpaired) electrons. The van der Waals surface area contributed by atoms with E-state index in [1.54, 1.807) is 19.1 Å². The van der Waals surface area contributed by atoms with Crippen molar-refractivity contribution in [3.05, 3.63) is 81.8 Å². The lowest BCUT2D eigenvalue weighted by molar-refractivity contribution is 0.0694. The van der Waals surface area contributed by atoms with Gasteiger partial charge in [0, 0.05) is 30.0 Å². The fourth-order valence-corrected chi connectivity index (χ4v) is 3.35. The molecule has 3 rings (SSSR count). The maximum absolute atomic E-state index is 13.1. The van der Waals surface area contributed by atoms with Crippen molar-refractivity contribution < 1.29 is 18.7 Å². The quantitative estimate of drug-likeness (QED) is 0.655. The Balaban J connectivity index is 1.83. The van der Waals surface area contributed by atoms with Crippen molar-refractivity contribution in [2.24, 2.45) is 0 Å². The summed E-state index contributed by atoms with van der Waals surface area (Å²) in [5.41, 5.74) is 3.57. The lowest BCUT2D eigenvalue weighted by atomic mass is 10.1. The second kappa shape index (κ2) is 7.80. The molecule has 0 saturated carbocycles. The van der Waals surface area contributed by atoms with Gasteiger partial charge in [0.05, 0.1) is 12.1 Å². The Labute approximate surface area is 157 Å². The zero-order valence-corrected chi connectivity index (χ0v) is 15.7. The van der Waals surface area contributed by atoms with Crippen LogP contribution in [0.2, 0.25) is 0 Å². The number of aromatic nitrogens is 1. The number of nitrogens with one attached hydrogen (secondary N) is 1. The Hall–Kier alpha value is -2.86. The molecule has 0 amide bonds. The first-order valence-electron chi connectivity index (χ1n) is 8.79. The normalized spacial score (nSPS) is 11.1. The summed E-state index contributed by atoms with van der Waals surface area (Å²) in [7, 11) is 0. The number of hydrogen-bond donors (Lipinski definition) is 2. The zero-order valence-electron chi connectivity index (χ0n) is 15.7. The molecule has 1 aromatic carbocycles. The topological polar surface area (TPSA) is 67.4 Å². The Bertz CT molecular complexity index is 955. The maximum Gasteiger partial charge on any atom is 0.337 e. The second-order valence-corrected chi connectivity index (χ2v) is 6.66. The molecule has 2 N–H and O–H groups in total. The molecular weight excluding hydrogens is 347 g/mol. The van der Waals surface area contributed by atoms with Crippen LogP contribution in [0.4, 0.5) is 4.39 Å². The number of carboxylic acid groups (broad SMARTS) is 1. The smallest absolute Gasteiger partial charge is 0.337 e. The Morgan fingerprint density at radius 1 is 1.07 bits per heavy atom. The molecule has 3 aromatic rings. The van der Waals surface area contributed by atoms with Gasteiger partial charge in [-0.1, -0.05) is 12.1 Å². The van der Waals surface area contributed by atoms with E-state index in [0.717, 1.165) is 28.3 Å². The van der Waals surface area contributed by atoms with Gasteiger partial charge >= 0.3 is 5.97 Å². The van der Waals surface area contributed by atoms with E-state index in [0.29, 0.717) is 30.9 Å². The highest BCUT2D eigenvalue weighted by Gasteiger charge is 2.22. The van der Waals surface area contributed by atoms with Gasteiger partial charge in [-0.25, -0.2) is 9.18 Å². The highest BCUT2D eigenvalue weighted by Crippen LogP contribution is 2.24. The van der Waals surface area contributed by atoms with E-state index in [-0.39, 0.29) is 5.82 Å². The van der Waals surface area contributed by atoms with Crippen LogP contribution in [-0.4, -0.2) is 15.6 Å². The van der Waals surface area contributed by atoms with Crippen molar-refractivity contribution in [3.63, 3.8) is 0 Å². The van der Waals surface area contributed by atoms with E-state index in [9.17, 15) is 14.3 Å². The summed E-state index contributed by atoms with van der Waals surface area (Å²) in [6, 6.07) is 10.1. The Kier molecular flexibility index (Phi) is 5.46. The predicted molar refractivity (Wildman–Crippen MR) is 100 cm³/mol. The fraction of sp³-hybridized carbons (Fsp3) is 0.286. The van der Waals surface area contributed by atoms with Crippen molar-refractivity contribution in [2.75, 3.05) is 0 Å². The number of aryl methyl sites for hydroxylation is 1. The standard InChI is InChI=1S/C21H23FN2O3/c1-13-4-9-18(27-13)10-23-11-19-14(2)24(15(3)20(19)21(25)26)12-16-5-7-17(22)8-6-16/h4-9,23H,10-12H2,1-3H3,(H,25,26). The van der Waals surface area contributed by atoms with Crippen LogP contribution in [0, 0.1) is 26.6 Å². The van der Waals surface area contributed by atoms with Gasteiger partial charge in [-0.3, -0.25) is 0 Å². The number of rotatable bonds is 7. The predicted octanol–water partition coefficient (Wildman–Crippen LogP) is 4.18. The van der Waals surface area contributed by atoms with Gasteiger partial charge in [0.1, 0.15) is 17.3 Å². The number of nitrogens with zero attached hydrogens (tertiary/aromatic N) is 1. The molecule has 0 bridgehead atoms. The Morgan fingerprint density at radius 3 is 2.37 bits per heavy atom. The minimum absolute atomic E-state index is 0.288. The van der Waals surface area contributed by atoms with Gasteiger partial charge < -0.3 is 19.4 Å². The first-order chi connectivity index (χ1) is 12.9. The number of halogens is 1. The van der Waals surface area contributed by atoms with Crippen molar-refractivity contribution >= 4 is 5.97 Å².